The molecular weight excluding hydrogens is 392 g/mol. The molecule has 11 heteroatoms. The van der Waals surface area contributed by atoms with Gasteiger partial charge in [0.1, 0.15) is 5.82 Å². The van der Waals surface area contributed by atoms with Gasteiger partial charge in [0.25, 0.3) is 0 Å². The molecule has 1 aliphatic heterocycles. The minimum atomic E-state index is -4.64. The molecule has 7 nitrogen and oxygen atoms in total. The van der Waals surface area contributed by atoms with Gasteiger partial charge in [-0.1, -0.05) is 0 Å². The first-order valence-electron chi connectivity index (χ1n) is 8.85. The molecule has 0 N–H and O–H groups in total. The quantitative estimate of drug-likeness (QED) is 0.615. The first kappa shape index (κ1) is 19.2. The third-order valence-electron chi connectivity index (χ3n) is 4.55. The molecule has 0 unspecified atom stereocenters. The molecule has 2 aromatic heterocycles. The van der Waals surface area contributed by atoms with Gasteiger partial charge in [-0.25, -0.2) is 4.39 Å². The van der Waals surface area contributed by atoms with E-state index in [1.807, 2.05) is 21.9 Å². The van der Waals surface area contributed by atoms with Crippen LogP contribution >= 0.6 is 0 Å². The molecule has 1 aliphatic rings. The first-order chi connectivity index (χ1) is 13.9. The van der Waals surface area contributed by atoms with E-state index in [1.165, 1.54) is 12.1 Å². The zero-order valence-electron chi connectivity index (χ0n) is 15.1. The van der Waals surface area contributed by atoms with Crippen LogP contribution in [0.5, 0.6) is 0 Å². The van der Waals surface area contributed by atoms with Crippen molar-refractivity contribution < 1.29 is 22.0 Å². The Balaban J connectivity index is 1.33. The smallest absolute Gasteiger partial charge is 0.416 e. The summed E-state index contributed by atoms with van der Waals surface area (Å²) in [5.41, 5.74) is 1.41. The zero-order valence-corrected chi connectivity index (χ0v) is 15.1. The Morgan fingerprint density at radius 3 is 2.17 bits per heavy atom. The Hall–Kier alpha value is -3.08. The van der Waals surface area contributed by atoms with Crippen LogP contribution in [0.3, 0.4) is 0 Å². The summed E-state index contributed by atoms with van der Waals surface area (Å²) >= 11 is 0. The Kier molecular flexibility index (Phi) is 5.14. The van der Waals surface area contributed by atoms with E-state index >= 15 is 0 Å². The molecule has 1 fully saturated rings. The fraction of sp³-hybridized carbons (Fsp3) is 0.333. The van der Waals surface area contributed by atoms with Crippen LogP contribution in [0.2, 0.25) is 0 Å². The van der Waals surface area contributed by atoms with Crippen LogP contribution < -0.4 is 4.90 Å². The molecule has 4 rings (SSSR count). The summed E-state index contributed by atoms with van der Waals surface area (Å²) < 4.78 is 55.3. The number of piperazine rings is 1. The Labute approximate surface area is 163 Å². The molecule has 152 valence electrons. The van der Waals surface area contributed by atoms with Crippen LogP contribution in [0, 0.1) is 5.82 Å². The van der Waals surface area contributed by atoms with Crippen LogP contribution in [-0.2, 0) is 12.7 Å². The monoisotopic (exact) mass is 408 g/mol. The molecule has 1 aromatic carbocycles. The number of benzene rings is 1. The number of nitrogens with zero attached hydrogens (tertiary/aromatic N) is 6. The molecule has 1 saturated heterocycles. The molecule has 0 saturated carbocycles. The van der Waals surface area contributed by atoms with E-state index in [0.29, 0.717) is 37.7 Å². The molecule has 0 spiro atoms. The molecule has 0 aliphatic carbocycles. The zero-order chi connectivity index (χ0) is 20.4. The molecule has 0 atom stereocenters. The topological polar surface area (TPSA) is 71.2 Å². The maximum atomic E-state index is 13.0. The van der Waals surface area contributed by atoms with Gasteiger partial charge in [-0.3, -0.25) is 4.90 Å². The summed E-state index contributed by atoms with van der Waals surface area (Å²) in [7, 11) is 0. The lowest BCUT2D eigenvalue weighted by atomic mass is 10.1. The van der Waals surface area contributed by atoms with Crippen molar-refractivity contribution in [2.45, 2.75) is 12.7 Å². The van der Waals surface area contributed by atoms with Gasteiger partial charge in [0, 0.05) is 31.7 Å². The second kappa shape index (κ2) is 7.74. The average molecular weight is 408 g/mol. The van der Waals surface area contributed by atoms with Crippen molar-refractivity contribution in [2.75, 3.05) is 31.1 Å². The fourth-order valence-corrected chi connectivity index (χ4v) is 3.03. The molecule has 29 heavy (non-hydrogen) atoms. The number of anilines is 1. The summed E-state index contributed by atoms with van der Waals surface area (Å²) in [4.78, 5) is 3.97. The maximum Gasteiger partial charge on any atom is 0.470 e. The van der Waals surface area contributed by atoms with Crippen molar-refractivity contribution >= 4 is 5.82 Å². The minimum absolute atomic E-state index is 0.0609. The number of hydrogen-bond acceptors (Lipinski definition) is 7. The van der Waals surface area contributed by atoms with Gasteiger partial charge in [-0.2, -0.15) is 13.2 Å². The van der Waals surface area contributed by atoms with E-state index in [-0.39, 0.29) is 18.3 Å². The van der Waals surface area contributed by atoms with E-state index in [2.05, 4.69) is 24.8 Å². The summed E-state index contributed by atoms with van der Waals surface area (Å²) in [5.74, 6) is -1.00. The van der Waals surface area contributed by atoms with Crippen molar-refractivity contribution in [2.24, 2.45) is 0 Å². The van der Waals surface area contributed by atoms with Gasteiger partial charge in [0.2, 0.25) is 5.89 Å². The van der Waals surface area contributed by atoms with Gasteiger partial charge in [0.05, 0.1) is 12.2 Å². The Morgan fingerprint density at radius 1 is 0.862 bits per heavy atom. The van der Waals surface area contributed by atoms with Crippen LogP contribution in [0.25, 0.3) is 11.3 Å². The van der Waals surface area contributed by atoms with Crippen LogP contribution in [-0.4, -0.2) is 51.5 Å². The third kappa shape index (κ3) is 4.50. The van der Waals surface area contributed by atoms with Crippen LogP contribution in [0.15, 0.2) is 40.8 Å². The predicted molar refractivity (Wildman–Crippen MR) is 94.2 cm³/mol. The number of hydrogen-bond donors (Lipinski definition) is 0. The van der Waals surface area contributed by atoms with Gasteiger partial charge in [-0.15, -0.1) is 20.4 Å². The molecule has 0 bridgehead atoms. The molecule has 0 radical (unpaired) electrons. The number of aromatic nitrogens is 4. The average Bonchev–Trinajstić information content (AvgIpc) is 3.19. The highest BCUT2D eigenvalue weighted by Gasteiger charge is 2.38. The van der Waals surface area contributed by atoms with E-state index in [9.17, 15) is 17.6 Å². The predicted octanol–water partition coefficient (Wildman–Crippen LogP) is 3.01. The van der Waals surface area contributed by atoms with E-state index in [0.717, 1.165) is 5.56 Å². The number of rotatable bonds is 4. The van der Waals surface area contributed by atoms with E-state index < -0.39 is 12.1 Å². The Bertz CT molecular complexity index is 950. The number of alkyl halides is 3. The van der Waals surface area contributed by atoms with Gasteiger partial charge >= 0.3 is 12.1 Å². The normalized spacial score (nSPS) is 15.7. The lowest BCUT2D eigenvalue weighted by molar-refractivity contribution is -0.157. The standard InChI is InChI=1S/C18H16F4N6O/c19-13-3-1-12(2-4-13)14-5-6-15(24-23-14)28-9-7-27(8-10-28)11-16-25-26-17(29-16)18(20,21)22/h1-6H,7-11H2. The highest BCUT2D eigenvalue weighted by molar-refractivity contribution is 5.59. The molecule has 3 aromatic rings. The second-order valence-electron chi connectivity index (χ2n) is 6.55. The summed E-state index contributed by atoms with van der Waals surface area (Å²) in [6.45, 7) is 2.62. The van der Waals surface area contributed by atoms with Crippen LogP contribution in [0.4, 0.5) is 23.4 Å². The highest BCUT2D eigenvalue weighted by atomic mass is 19.4. The Morgan fingerprint density at radius 2 is 1.59 bits per heavy atom. The van der Waals surface area contributed by atoms with Gasteiger partial charge < -0.3 is 9.32 Å². The largest absolute Gasteiger partial charge is 0.470 e. The molecular formula is C18H16F4N6O. The van der Waals surface area contributed by atoms with Crippen molar-refractivity contribution in [1.82, 2.24) is 25.3 Å². The van der Waals surface area contributed by atoms with Crippen molar-refractivity contribution in [1.29, 1.82) is 0 Å². The molecule has 3 heterocycles. The lowest BCUT2D eigenvalue weighted by Gasteiger charge is -2.34. The highest BCUT2D eigenvalue weighted by Crippen LogP contribution is 2.28. The SMILES string of the molecule is Fc1ccc(-c2ccc(N3CCN(Cc4nnc(C(F)(F)F)o4)CC3)nn2)cc1. The second-order valence-corrected chi connectivity index (χ2v) is 6.55. The lowest BCUT2D eigenvalue weighted by Crippen LogP contribution is -2.46. The van der Waals surface area contributed by atoms with Gasteiger partial charge in [0.15, 0.2) is 5.82 Å². The number of halogens is 4. The van der Waals surface area contributed by atoms with E-state index in [1.54, 1.807) is 12.1 Å². The third-order valence-corrected chi connectivity index (χ3v) is 4.55. The van der Waals surface area contributed by atoms with Gasteiger partial charge in [-0.05, 0) is 36.4 Å². The van der Waals surface area contributed by atoms with Crippen molar-refractivity contribution in [3.05, 3.63) is 54.0 Å². The first-order valence-corrected chi connectivity index (χ1v) is 8.85. The summed E-state index contributed by atoms with van der Waals surface area (Å²) in [5, 5.41) is 14.9. The minimum Gasteiger partial charge on any atom is -0.416 e. The van der Waals surface area contributed by atoms with Crippen molar-refractivity contribution in [3.63, 3.8) is 0 Å². The fourth-order valence-electron chi connectivity index (χ4n) is 3.03. The maximum absolute atomic E-state index is 13.0. The van der Waals surface area contributed by atoms with Crippen LogP contribution in [0.1, 0.15) is 11.8 Å². The molecule has 0 amide bonds. The van der Waals surface area contributed by atoms with Crippen molar-refractivity contribution in [3.8, 4) is 11.3 Å². The summed E-state index contributed by atoms with van der Waals surface area (Å²) in [6.07, 6.45) is -4.64. The van der Waals surface area contributed by atoms with E-state index in [4.69, 9.17) is 0 Å². The summed E-state index contributed by atoms with van der Waals surface area (Å²) in [6, 6.07) is 9.67.